The van der Waals surface area contributed by atoms with Gasteiger partial charge < -0.3 is 16.0 Å². The maximum atomic E-state index is 12.0. The van der Waals surface area contributed by atoms with Gasteiger partial charge in [-0.05, 0) is 37.6 Å². The summed E-state index contributed by atoms with van der Waals surface area (Å²) in [7, 11) is 0. The standard InChI is InChI=1S/C15H21N3O2/c1-2-18-13-4-3-11(5-7-17-8-6-16)9-12(13)14(19)10-15(18)20/h3-4,9,17H,2,5-8,10,16H2,1H3. The number of anilines is 1. The number of nitrogens with one attached hydrogen (secondary N) is 1. The molecule has 0 atom stereocenters. The molecule has 5 heteroatoms. The Bertz CT molecular complexity index is 514. The van der Waals surface area contributed by atoms with Crippen LogP contribution in [0.3, 0.4) is 0 Å². The van der Waals surface area contributed by atoms with Crippen LogP contribution in [0.5, 0.6) is 0 Å². The summed E-state index contributed by atoms with van der Waals surface area (Å²) in [5, 5.41) is 3.23. The van der Waals surface area contributed by atoms with Crippen molar-refractivity contribution in [3.8, 4) is 0 Å². The first kappa shape index (κ1) is 14.7. The van der Waals surface area contributed by atoms with Crippen molar-refractivity contribution in [2.24, 2.45) is 5.73 Å². The Balaban J connectivity index is 2.15. The third-order valence-electron chi connectivity index (χ3n) is 3.49. The van der Waals surface area contributed by atoms with Gasteiger partial charge >= 0.3 is 0 Å². The molecule has 1 aliphatic heterocycles. The first-order valence-electron chi connectivity index (χ1n) is 7.04. The summed E-state index contributed by atoms with van der Waals surface area (Å²) in [5.41, 5.74) is 7.93. The lowest BCUT2D eigenvalue weighted by molar-refractivity contribution is -0.117. The predicted molar refractivity (Wildman–Crippen MR) is 79.0 cm³/mol. The lowest BCUT2D eigenvalue weighted by Gasteiger charge is -2.27. The van der Waals surface area contributed by atoms with Gasteiger partial charge in [0.25, 0.3) is 0 Å². The molecule has 2 rings (SSSR count). The van der Waals surface area contributed by atoms with Crippen molar-refractivity contribution in [1.29, 1.82) is 0 Å². The Morgan fingerprint density at radius 1 is 1.30 bits per heavy atom. The molecule has 108 valence electrons. The minimum absolute atomic E-state index is 0.0181. The van der Waals surface area contributed by atoms with Crippen LogP contribution in [0.2, 0.25) is 0 Å². The van der Waals surface area contributed by atoms with Crippen molar-refractivity contribution in [3.63, 3.8) is 0 Å². The fourth-order valence-corrected chi connectivity index (χ4v) is 2.47. The van der Waals surface area contributed by atoms with Crippen molar-refractivity contribution < 1.29 is 9.59 Å². The average molecular weight is 275 g/mol. The number of carbonyl (C=O) groups excluding carboxylic acids is 2. The highest BCUT2D eigenvalue weighted by Crippen LogP contribution is 2.28. The third kappa shape index (κ3) is 3.05. The summed E-state index contributed by atoms with van der Waals surface area (Å²) < 4.78 is 0. The summed E-state index contributed by atoms with van der Waals surface area (Å²) >= 11 is 0. The van der Waals surface area contributed by atoms with Gasteiger partial charge in [0.1, 0.15) is 0 Å². The maximum absolute atomic E-state index is 12.0. The van der Waals surface area contributed by atoms with E-state index in [9.17, 15) is 9.59 Å². The fraction of sp³-hybridized carbons (Fsp3) is 0.467. The van der Waals surface area contributed by atoms with Crippen molar-refractivity contribution in [3.05, 3.63) is 29.3 Å². The summed E-state index contributed by atoms with van der Waals surface area (Å²) in [6.45, 7) is 4.76. The van der Waals surface area contributed by atoms with Crippen LogP contribution in [0.1, 0.15) is 29.3 Å². The van der Waals surface area contributed by atoms with E-state index in [2.05, 4.69) is 5.32 Å². The molecule has 1 heterocycles. The van der Waals surface area contributed by atoms with Crippen molar-refractivity contribution in [1.82, 2.24) is 5.32 Å². The number of ketones is 1. The van der Waals surface area contributed by atoms with Gasteiger partial charge in [0.2, 0.25) is 5.91 Å². The number of hydrogen-bond donors (Lipinski definition) is 2. The van der Waals surface area contributed by atoms with Crippen LogP contribution in [-0.2, 0) is 11.2 Å². The zero-order valence-electron chi connectivity index (χ0n) is 11.8. The Hall–Kier alpha value is -1.72. The number of benzene rings is 1. The smallest absolute Gasteiger partial charge is 0.234 e. The molecule has 1 aromatic rings. The number of nitrogens with zero attached hydrogens (tertiary/aromatic N) is 1. The summed E-state index contributed by atoms with van der Waals surface area (Å²) in [4.78, 5) is 25.5. The van der Waals surface area contributed by atoms with Gasteiger partial charge in [0.15, 0.2) is 5.78 Å². The van der Waals surface area contributed by atoms with Crippen LogP contribution in [0, 0.1) is 0 Å². The fourth-order valence-electron chi connectivity index (χ4n) is 2.47. The highest BCUT2D eigenvalue weighted by molar-refractivity contribution is 6.19. The Morgan fingerprint density at radius 3 is 2.80 bits per heavy atom. The molecular weight excluding hydrogens is 254 g/mol. The first-order valence-corrected chi connectivity index (χ1v) is 7.04. The monoisotopic (exact) mass is 275 g/mol. The molecule has 3 N–H and O–H groups in total. The second-order valence-electron chi connectivity index (χ2n) is 4.88. The van der Waals surface area contributed by atoms with Crippen molar-refractivity contribution in [2.75, 3.05) is 31.1 Å². The number of fused-ring (bicyclic) bond motifs is 1. The molecule has 0 unspecified atom stereocenters. The van der Waals surface area contributed by atoms with Crippen molar-refractivity contribution in [2.45, 2.75) is 19.8 Å². The van der Waals surface area contributed by atoms with Crippen molar-refractivity contribution >= 4 is 17.4 Å². The van der Waals surface area contributed by atoms with E-state index in [0.29, 0.717) is 18.7 Å². The molecule has 0 fully saturated rings. The number of hydrogen-bond acceptors (Lipinski definition) is 4. The molecule has 1 aromatic carbocycles. The molecule has 0 aromatic heterocycles. The number of Topliss-reactive ketones (excluding diaryl/α,β-unsaturated/α-hetero) is 1. The number of carbonyl (C=O) groups is 2. The Morgan fingerprint density at radius 2 is 2.10 bits per heavy atom. The molecule has 20 heavy (non-hydrogen) atoms. The maximum Gasteiger partial charge on any atom is 0.234 e. The van der Waals surface area contributed by atoms with E-state index in [0.717, 1.165) is 30.8 Å². The minimum atomic E-state index is -0.109. The van der Waals surface area contributed by atoms with E-state index < -0.39 is 0 Å². The van der Waals surface area contributed by atoms with Gasteiger partial charge in [-0.15, -0.1) is 0 Å². The molecule has 1 aliphatic rings. The van der Waals surface area contributed by atoms with E-state index in [1.807, 2.05) is 25.1 Å². The summed E-state index contributed by atoms with van der Waals surface area (Å²) in [6.07, 6.45) is 0.830. The highest BCUT2D eigenvalue weighted by atomic mass is 16.2. The van der Waals surface area contributed by atoms with Crippen LogP contribution in [-0.4, -0.2) is 37.9 Å². The quantitative estimate of drug-likeness (QED) is 0.592. The molecule has 5 nitrogen and oxygen atoms in total. The molecule has 1 amide bonds. The topological polar surface area (TPSA) is 75.4 Å². The molecular formula is C15H21N3O2. The second-order valence-corrected chi connectivity index (χ2v) is 4.88. The van der Waals surface area contributed by atoms with Gasteiger partial charge in [-0.3, -0.25) is 9.59 Å². The van der Waals surface area contributed by atoms with Gasteiger partial charge in [-0.1, -0.05) is 6.07 Å². The molecule has 0 radical (unpaired) electrons. The molecule has 0 bridgehead atoms. The highest BCUT2D eigenvalue weighted by Gasteiger charge is 2.28. The normalized spacial score (nSPS) is 14.6. The largest absolute Gasteiger partial charge is 0.329 e. The van der Waals surface area contributed by atoms with Gasteiger partial charge in [0.05, 0.1) is 12.1 Å². The Kier molecular flexibility index (Phi) is 4.87. The lowest BCUT2D eigenvalue weighted by atomic mass is 9.96. The molecule has 0 aliphatic carbocycles. The molecule has 0 saturated carbocycles. The zero-order valence-corrected chi connectivity index (χ0v) is 11.8. The van der Waals surface area contributed by atoms with Crippen LogP contribution >= 0.6 is 0 Å². The van der Waals surface area contributed by atoms with Gasteiger partial charge in [-0.2, -0.15) is 0 Å². The third-order valence-corrected chi connectivity index (χ3v) is 3.49. The van der Waals surface area contributed by atoms with E-state index in [4.69, 9.17) is 5.73 Å². The van der Waals surface area contributed by atoms with E-state index in [-0.39, 0.29) is 18.1 Å². The molecule has 0 spiro atoms. The van der Waals surface area contributed by atoms with Gasteiger partial charge in [-0.25, -0.2) is 0 Å². The van der Waals surface area contributed by atoms with Gasteiger partial charge in [0, 0.05) is 25.2 Å². The predicted octanol–water partition coefficient (Wildman–Crippen LogP) is 0.717. The second kappa shape index (κ2) is 6.63. The SMILES string of the molecule is CCN1C(=O)CC(=O)c2cc(CCNCCN)ccc21. The number of rotatable bonds is 6. The summed E-state index contributed by atoms with van der Waals surface area (Å²) in [6, 6.07) is 5.78. The first-order chi connectivity index (χ1) is 9.67. The Labute approximate surface area is 119 Å². The lowest BCUT2D eigenvalue weighted by Crippen LogP contribution is -2.37. The average Bonchev–Trinajstić information content (AvgIpc) is 2.44. The van der Waals surface area contributed by atoms with E-state index in [1.165, 1.54) is 0 Å². The molecule has 0 saturated heterocycles. The van der Waals surface area contributed by atoms with Crippen LogP contribution in [0.4, 0.5) is 5.69 Å². The number of amides is 1. The van der Waals surface area contributed by atoms with E-state index >= 15 is 0 Å². The van der Waals surface area contributed by atoms with Crippen LogP contribution < -0.4 is 16.0 Å². The number of nitrogens with two attached hydrogens (primary N) is 1. The van der Waals surface area contributed by atoms with Crippen LogP contribution in [0.25, 0.3) is 0 Å². The van der Waals surface area contributed by atoms with E-state index in [1.54, 1.807) is 4.90 Å². The minimum Gasteiger partial charge on any atom is -0.329 e. The van der Waals surface area contributed by atoms with Crippen LogP contribution in [0.15, 0.2) is 18.2 Å². The summed E-state index contributed by atoms with van der Waals surface area (Å²) in [5.74, 6) is -0.186. The zero-order chi connectivity index (χ0) is 14.5.